The molecule has 1 saturated carbocycles. The van der Waals surface area contributed by atoms with Crippen molar-refractivity contribution in [3.05, 3.63) is 29.1 Å². The molecule has 1 aromatic heterocycles. The van der Waals surface area contributed by atoms with Gasteiger partial charge in [-0.25, -0.2) is 4.98 Å². The zero-order valence-corrected chi connectivity index (χ0v) is 8.71. The van der Waals surface area contributed by atoms with Crippen molar-refractivity contribution in [2.75, 3.05) is 0 Å². The van der Waals surface area contributed by atoms with Gasteiger partial charge in [-0.3, -0.25) is 0 Å². The van der Waals surface area contributed by atoms with Crippen LogP contribution < -0.4 is 5.32 Å². The van der Waals surface area contributed by atoms with Crippen molar-refractivity contribution in [2.24, 2.45) is 0 Å². The molecular weight excluding hydrogens is 212 g/mol. The molecule has 3 heterocycles. The average molecular weight is 221 g/mol. The lowest BCUT2D eigenvalue weighted by Crippen LogP contribution is -2.74. The minimum absolute atomic E-state index is 0.0517. The lowest BCUT2D eigenvalue weighted by Gasteiger charge is -2.60. The third kappa shape index (κ3) is 0.924. The second kappa shape index (κ2) is 2.36. The van der Waals surface area contributed by atoms with Gasteiger partial charge in [0.1, 0.15) is 5.52 Å². The number of nitrogens with one attached hydrogen (secondary N) is 1. The number of fused-ring (bicyclic) bond motifs is 1. The molecule has 15 heavy (non-hydrogen) atoms. The van der Waals surface area contributed by atoms with E-state index in [0.717, 1.165) is 29.8 Å². The van der Waals surface area contributed by atoms with Crippen LogP contribution in [0.25, 0.3) is 11.1 Å². The third-order valence-corrected chi connectivity index (χ3v) is 3.67. The van der Waals surface area contributed by atoms with Gasteiger partial charge in [0.2, 0.25) is 5.89 Å². The van der Waals surface area contributed by atoms with E-state index < -0.39 is 0 Å². The molecular formula is C11H9ClN2O. The van der Waals surface area contributed by atoms with E-state index in [0.29, 0.717) is 11.1 Å². The number of hydrogen-bond donors (Lipinski definition) is 1. The molecule has 3 nitrogen and oxygen atoms in total. The van der Waals surface area contributed by atoms with Gasteiger partial charge in [-0.05, 0) is 25.0 Å². The van der Waals surface area contributed by atoms with E-state index in [1.807, 2.05) is 18.2 Å². The van der Waals surface area contributed by atoms with Crippen LogP contribution in [0.2, 0.25) is 5.02 Å². The first kappa shape index (κ1) is 8.13. The Hall–Kier alpha value is -1.06. The topological polar surface area (TPSA) is 38.1 Å². The fourth-order valence-corrected chi connectivity index (χ4v) is 2.63. The SMILES string of the molecule is Clc1ccc2nc(C34CC(C3)N4)oc2c1. The Morgan fingerprint density at radius 2 is 2.27 bits per heavy atom. The van der Waals surface area contributed by atoms with E-state index in [2.05, 4.69) is 10.3 Å². The molecule has 0 spiro atoms. The van der Waals surface area contributed by atoms with Crippen LogP contribution in [0.15, 0.2) is 22.6 Å². The zero-order chi connectivity index (χ0) is 10.0. The molecule has 1 aromatic carbocycles. The fourth-order valence-electron chi connectivity index (χ4n) is 2.47. The predicted molar refractivity (Wildman–Crippen MR) is 56.9 cm³/mol. The summed E-state index contributed by atoms with van der Waals surface area (Å²) in [6.07, 6.45) is 2.32. The molecule has 0 unspecified atom stereocenters. The van der Waals surface area contributed by atoms with Crippen molar-refractivity contribution in [2.45, 2.75) is 24.4 Å². The molecule has 2 aliphatic heterocycles. The molecule has 3 fully saturated rings. The number of oxazole rings is 1. The van der Waals surface area contributed by atoms with Crippen molar-refractivity contribution < 1.29 is 4.42 Å². The highest BCUT2D eigenvalue weighted by molar-refractivity contribution is 6.31. The van der Waals surface area contributed by atoms with E-state index in [9.17, 15) is 0 Å². The quantitative estimate of drug-likeness (QED) is 0.802. The normalized spacial score (nSPS) is 32.5. The van der Waals surface area contributed by atoms with E-state index in [4.69, 9.17) is 16.0 Å². The molecule has 2 saturated heterocycles. The Labute approximate surface area is 91.4 Å². The summed E-state index contributed by atoms with van der Waals surface area (Å²) >= 11 is 5.90. The Kier molecular flexibility index (Phi) is 1.28. The van der Waals surface area contributed by atoms with Crippen LogP contribution in [-0.2, 0) is 5.54 Å². The highest BCUT2D eigenvalue weighted by atomic mass is 35.5. The van der Waals surface area contributed by atoms with Crippen LogP contribution in [-0.4, -0.2) is 11.0 Å². The number of rotatable bonds is 1. The number of benzene rings is 1. The molecule has 1 N–H and O–H groups in total. The van der Waals surface area contributed by atoms with Gasteiger partial charge in [-0.1, -0.05) is 11.6 Å². The van der Waals surface area contributed by atoms with Gasteiger partial charge in [-0.15, -0.1) is 0 Å². The highest BCUT2D eigenvalue weighted by Crippen LogP contribution is 2.52. The second-order valence-electron chi connectivity index (χ2n) is 4.46. The molecule has 0 radical (unpaired) electrons. The van der Waals surface area contributed by atoms with Crippen molar-refractivity contribution in [3.63, 3.8) is 0 Å². The van der Waals surface area contributed by atoms with Gasteiger partial charge in [0.05, 0.1) is 5.54 Å². The summed E-state index contributed by atoms with van der Waals surface area (Å²) in [5.41, 5.74) is 1.72. The highest BCUT2D eigenvalue weighted by Gasteiger charge is 2.60. The average Bonchev–Trinajstić information content (AvgIpc) is 2.40. The molecule has 0 amide bonds. The molecule has 5 rings (SSSR count). The fraction of sp³-hybridized carbons (Fsp3) is 0.364. The van der Waals surface area contributed by atoms with E-state index in [-0.39, 0.29) is 5.54 Å². The molecule has 3 aliphatic rings. The standard InChI is InChI=1S/C11H9ClN2O/c12-6-1-2-8-9(3-6)15-10(13-8)11-4-7(5-11)14-11/h1-3,7,14H,4-5H2. The number of nitrogens with zero attached hydrogens (tertiary/aromatic N) is 1. The molecule has 4 heteroatoms. The zero-order valence-electron chi connectivity index (χ0n) is 7.96. The minimum atomic E-state index is 0.0517. The maximum Gasteiger partial charge on any atom is 0.215 e. The van der Waals surface area contributed by atoms with Crippen LogP contribution in [0.1, 0.15) is 18.7 Å². The summed E-state index contributed by atoms with van der Waals surface area (Å²) in [4.78, 5) is 4.50. The van der Waals surface area contributed by atoms with Crippen LogP contribution >= 0.6 is 11.6 Å². The Bertz CT molecular complexity index is 546. The minimum Gasteiger partial charge on any atom is -0.439 e. The smallest absolute Gasteiger partial charge is 0.215 e. The summed E-state index contributed by atoms with van der Waals surface area (Å²) in [7, 11) is 0. The molecule has 2 bridgehead atoms. The largest absolute Gasteiger partial charge is 0.439 e. The molecule has 1 aliphatic carbocycles. The molecule has 76 valence electrons. The first-order chi connectivity index (χ1) is 7.25. The van der Waals surface area contributed by atoms with Crippen LogP contribution in [0, 0.1) is 0 Å². The van der Waals surface area contributed by atoms with Crippen LogP contribution in [0.4, 0.5) is 0 Å². The second-order valence-corrected chi connectivity index (χ2v) is 4.90. The monoisotopic (exact) mass is 220 g/mol. The van der Waals surface area contributed by atoms with Crippen molar-refractivity contribution in [1.29, 1.82) is 0 Å². The van der Waals surface area contributed by atoms with E-state index in [1.54, 1.807) is 0 Å². The Balaban J connectivity index is 1.89. The summed E-state index contributed by atoms with van der Waals surface area (Å²) < 4.78 is 5.74. The number of halogens is 1. The Morgan fingerprint density at radius 3 is 2.93 bits per heavy atom. The summed E-state index contributed by atoms with van der Waals surface area (Å²) in [5.74, 6) is 0.822. The number of aromatic nitrogens is 1. The van der Waals surface area contributed by atoms with Gasteiger partial charge < -0.3 is 9.73 Å². The van der Waals surface area contributed by atoms with Gasteiger partial charge in [0.15, 0.2) is 5.58 Å². The summed E-state index contributed by atoms with van der Waals surface area (Å²) in [5, 5.41) is 4.11. The predicted octanol–water partition coefficient (Wildman–Crippen LogP) is 2.44. The lowest BCUT2D eigenvalue weighted by atomic mass is 9.62. The number of hydrogen-bond acceptors (Lipinski definition) is 3. The molecule has 0 atom stereocenters. The van der Waals surface area contributed by atoms with Gasteiger partial charge in [0, 0.05) is 17.1 Å². The first-order valence-corrected chi connectivity index (χ1v) is 5.47. The van der Waals surface area contributed by atoms with Crippen LogP contribution in [0.3, 0.4) is 0 Å². The maximum atomic E-state index is 5.90. The van der Waals surface area contributed by atoms with E-state index >= 15 is 0 Å². The third-order valence-electron chi connectivity index (χ3n) is 3.43. The lowest BCUT2D eigenvalue weighted by molar-refractivity contribution is -0.0425. The van der Waals surface area contributed by atoms with Gasteiger partial charge in [0.25, 0.3) is 0 Å². The maximum absolute atomic E-state index is 5.90. The molecule has 2 aromatic rings. The van der Waals surface area contributed by atoms with Gasteiger partial charge in [-0.2, -0.15) is 0 Å². The Morgan fingerprint density at radius 1 is 1.47 bits per heavy atom. The van der Waals surface area contributed by atoms with Gasteiger partial charge >= 0.3 is 0 Å². The first-order valence-electron chi connectivity index (χ1n) is 5.09. The van der Waals surface area contributed by atoms with Crippen molar-refractivity contribution in [3.8, 4) is 0 Å². The van der Waals surface area contributed by atoms with E-state index in [1.165, 1.54) is 0 Å². The summed E-state index contributed by atoms with van der Waals surface area (Å²) in [6, 6.07) is 6.25. The van der Waals surface area contributed by atoms with Crippen LogP contribution in [0.5, 0.6) is 0 Å². The van der Waals surface area contributed by atoms with Crippen molar-refractivity contribution in [1.82, 2.24) is 10.3 Å². The summed E-state index contributed by atoms with van der Waals surface area (Å²) in [6.45, 7) is 0. The van der Waals surface area contributed by atoms with Crippen molar-refractivity contribution >= 4 is 22.7 Å².